The highest BCUT2D eigenvalue weighted by molar-refractivity contribution is 6.36. The van der Waals surface area contributed by atoms with Crippen molar-refractivity contribution in [1.29, 1.82) is 0 Å². The minimum absolute atomic E-state index is 0.00881. The van der Waals surface area contributed by atoms with E-state index in [0.717, 1.165) is 11.1 Å². The number of hydrogen-bond acceptors (Lipinski definition) is 2. The van der Waals surface area contributed by atoms with Crippen LogP contribution in [-0.4, -0.2) is 28.8 Å². The number of carbonyl (C=O) groups is 2. The molecule has 1 atom stereocenters. The molecule has 1 N–H and O–H groups in total. The van der Waals surface area contributed by atoms with Gasteiger partial charge in [-0.1, -0.05) is 66.0 Å². The van der Waals surface area contributed by atoms with Gasteiger partial charge in [0.1, 0.15) is 6.04 Å². The number of nitrogens with one attached hydrogen (secondary N) is 1. The SMILES string of the molecule is CC[C@H](C(=O)NC(C)C)N(Cc1cccc(C)c1)C(=O)Cc1c(Cl)cccc1Cl. The topological polar surface area (TPSA) is 49.4 Å². The Morgan fingerprint density at radius 1 is 1.07 bits per heavy atom. The molecule has 0 aromatic heterocycles. The van der Waals surface area contributed by atoms with E-state index in [-0.39, 0.29) is 24.3 Å². The molecule has 0 spiro atoms. The van der Waals surface area contributed by atoms with Gasteiger partial charge in [0.05, 0.1) is 6.42 Å². The van der Waals surface area contributed by atoms with Crippen molar-refractivity contribution in [2.75, 3.05) is 0 Å². The van der Waals surface area contributed by atoms with Crippen molar-refractivity contribution >= 4 is 35.0 Å². The molecule has 0 aliphatic heterocycles. The second kappa shape index (κ2) is 10.7. The predicted molar refractivity (Wildman–Crippen MR) is 119 cm³/mol. The van der Waals surface area contributed by atoms with Crippen molar-refractivity contribution in [3.63, 3.8) is 0 Å². The average molecular weight is 435 g/mol. The zero-order valence-electron chi connectivity index (χ0n) is 17.3. The first-order valence-corrected chi connectivity index (χ1v) is 10.6. The zero-order valence-corrected chi connectivity index (χ0v) is 18.8. The van der Waals surface area contributed by atoms with Crippen LogP contribution in [0.1, 0.15) is 43.9 Å². The van der Waals surface area contributed by atoms with E-state index in [2.05, 4.69) is 5.32 Å². The number of nitrogens with zero attached hydrogens (tertiary/aromatic N) is 1. The molecule has 0 fully saturated rings. The highest BCUT2D eigenvalue weighted by Gasteiger charge is 2.29. The fourth-order valence-electron chi connectivity index (χ4n) is 3.26. The van der Waals surface area contributed by atoms with Gasteiger partial charge >= 0.3 is 0 Å². The van der Waals surface area contributed by atoms with Crippen molar-refractivity contribution in [3.05, 3.63) is 69.2 Å². The third-order valence-corrected chi connectivity index (χ3v) is 5.35. The summed E-state index contributed by atoms with van der Waals surface area (Å²) in [6, 6.07) is 12.5. The lowest BCUT2D eigenvalue weighted by Gasteiger charge is -2.31. The number of hydrogen-bond donors (Lipinski definition) is 1. The summed E-state index contributed by atoms with van der Waals surface area (Å²) in [5.41, 5.74) is 2.65. The Bertz CT molecular complexity index is 847. The Morgan fingerprint density at radius 2 is 1.69 bits per heavy atom. The number of rotatable bonds is 8. The predicted octanol–water partition coefficient (Wildman–Crippen LogP) is 5.18. The van der Waals surface area contributed by atoms with Crippen LogP contribution in [0.15, 0.2) is 42.5 Å². The summed E-state index contributed by atoms with van der Waals surface area (Å²) in [7, 11) is 0. The zero-order chi connectivity index (χ0) is 21.6. The second-order valence-electron chi connectivity index (χ2n) is 7.48. The van der Waals surface area contributed by atoms with Crippen LogP contribution in [0, 0.1) is 6.92 Å². The molecule has 0 aliphatic rings. The molecule has 0 unspecified atom stereocenters. The highest BCUT2D eigenvalue weighted by atomic mass is 35.5. The molecule has 0 aliphatic carbocycles. The molecule has 0 saturated heterocycles. The lowest BCUT2D eigenvalue weighted by atomic mass is 10.1. The maximum absolute atomic E-state index is 13.3. The Hall–Kier alpha value is -2.04. The van der Waals surface area contributed by atoms with E-state index in [1.54, 1.807) is 23.1 Å². The normalized spacial score (nSPS) is 12.0. The van der Waals surface area contributed by atoms with Crippen LogP contribution in [0.5, 0.6) is 0 Å². The Morgan fingerprint density at radius 3 is 2.24 bits per heavy atom. The summed E-state index contributed by atoms with van der Waals surface area (Å²) in [4.78, 5) is 27.8. The summed E-state index contributed by atoms with van der Waals surface area (Å²) in [5, 5.41) is 3.82. The van der Waals surface area contributed by atoms with Gasteiger partial charge in [0.2, 0.25) is 11.8 Å². The average Bonchev–Trinajstić information content (AvgIpc) is 2.64. The van der Waals surface area contributed by atoms with Gasteiger partial charge in [0.15, 0.2) is 0 Å². The lowest BCUT2D eigenvalue weighted by molar-refractivity contribution is -0.141. The number of halogens is 2. The standard InChI is InChI=1S/C23H28Cl2N2O2/c1-5-21(23(29)26-15(2)3)27(14-17-9-6-8-16(4)12-17)22(28)13-18-19(24)10-7-11-20(18)25/h6-12,15,21H,5,13-14H2,1-4H3,(H,26,29)/t21-/m1/s1. The molecule has 29 heavy (non-hydrogen) atoms. The summed E-state index contributed by atoms with van der Waals surface area (Å²) < 4.78 is 0. The maximum atomic E-state index is 13.3. The van der Waals surface area contributed by atoms with Gasteiger partial charge in [-0.25, -0.2) is 0 Å². The van der Waals surface area contributed by atoms with Gasteiger partial charge in [0.25, 0.3) is 0 Å². The Labute approximate surface area is 183 Å². The fraction of sp³-hybridized carbons (Fsp3) is 0.391. The summed E-state index contributed by atoms with van der Waals surface area (Å²) in [6.45, 7) is 8.06. The van der Waals surface area contributed by atoms with Crippen LogP contribution >= 0.6 is 23.2 Å². The number of aryl methyl sites for hydroxylation is 1. The van der Waals surface area contributed by atoms with Crippen LogP contribution in [0.2, 0.25) is 10.0 Å². The molecule has 6 heteroatoms. The molecule has 156 valence electrons. The molecule has 2 amide bonds. The Kier molecular flexibility index (Phi) is 8.54. The minimum atomic E-state index is -0.577. The van der Waals surface area contributed by atoms with Crippen LogP contribution in [0.4, 0.5) is 0 Å². The van der Waals surface area contributed by atoms with Gasteiger partial charge in [-0.3, -0.25) is 9.59 Å². The van der Waals surface area contributed by atoms with Crippen molar-refractivity contribution in [2.24, 2.45) is 0 Å². The first-order valence-electron chi connectivity index (χ1n) is 9.81. The molecule has 2 aromatic rings. The number of carbonyl (C=O) groups excluding carboxylic acids is 2. The summed E-state index contributed by atoms with van der Waals surface area (Å²) >= 11 is 12.5. The van der Waals surface area contributed by atoms with E-state index < -0.39 is 6.04 Å². The van der Waals surface area contributed by atoms with Crippen molar-refractivity contribution in [3.8, 4) is 0 Å². The summed E-state index contributed by atoms with van der Waals surface area (Å²) in [6.07, 6.45) is 0.544. The third kappa shape index (κ3) is 6.48. The van der Waals surface area contributed by atoms with Gasteiger partial charge in [-0.05, 0) is 50.5 Å². The molecule has 0 heterocycles. The van der Waals surface area contributed by atoms with Gasteiger partial charge in [-0.15, -0.1) is 0 Å². The van der Waals surface area contributed by atoms with Crippen molar-refractivity contribution < 1.29 is 9.59 Å². The molecule has 2 aromatic carbocycles. The van der Waals surface area contributed by atoms with Crippen LogP contribution < -0.4 is 5.32 Å². The lowest BCUT2D eigenvalue weighted by Crippen LogP contribution is -2.50. The molecular weight excluding hydrogens is 407 g/mol. The van der Waals surface area contributed by atoms with Crippen LogP contribution in [-0.2, 0) is 22.6 Å². The third-order valence-electron chi connectivity index (χ3n) is 4.64. The smallest absolute Gasteiger partial charge is 0.243 e. The van der Waals surface area contributed by atoms with Gasteiger partial charge < -0.3 is 10.2 Å². The van der Waals surface area contributed by atoms with Gasteiger partial charge in [-0.2, -0.15) is 0 Å². The van der Waals surface area contributed by atoms with E-state index in [0.29, 0.717) is 28.6 Å². The van der Waals surface area contributed by atoms with Gasteiger partial charge in [0, 0.05) is 22.6 Å². The van der Waals surface area contributed by atoms with E-state index in [1.807, 2.05) is 52.0 Å². The van der Waals surface area contributed by atoms with E-state index in [1.165, 1.54) is 0 Å². The molecule has 4 nitrogen and oxygen atoms in total. The molecule has 0 bridgehead atoms. The number of benzene rings is 2. The van der Waals surface area contributed by atoms with E-state index in [9.17, 15) is 9.59 Å². The first kappa shape index (κ1) is 23.2. The monoisotopic (exact) mass is 434 g/mol. The largest absolute Gasteiger partial charge is 0.352 e. The first-order chi connectivity index (χ1) is 13.7. The molecular formula is C23H28Cl2N2O2. The highest BCUT2D eigenvalue weighted by Crippen LogP contribution is 2.26. The summed E-state index contributed by atoms with van der Waals surface area (Å²) in [5.74, 6) is -0.346. The quantitative estimate of drug-likeness (QED) is 0.622. The Balaban J connectivity index is 2.36. The number of amides is 2. The molecule has 0 saturated carbocycles. The van der Waals surface area contributed by atoms with Crippen LogP contribution in [0.25, 0.3) is 0 Å². The minimum Gasteiger partial charge on any atom is -0.352 e. The molecule has 0 radical (unpaired) electrons. The maximum Gasteiger partial charge on any atom is 0.243 e. The fourth-order valence-corrected chi connectivity index (χ4v) is 3.79. The second-order valence-corrected chi connectivity index (χ2v) is 8.29. The van der Waals surface area contributed by atoms with Crippen LogP contribution in [0.3, 0.4) is 0 Å². The van der Waals surface area contributed by atoms with E-state index in [4.69, 9.17) is 23.2 Å². The molecule has 2 rings (SSSR count). The van der Waals surface area contributed by atoms with Crippen molar-refractivity contribution in [2.45, 2.75) is 59.2 Å². The van der Waals surface area contributed by atoms with E-state index >= 15 is 0 Å². The van der Waals surface area contributed by atoms with Crippen molar-refractivity contribution in [1.82, 2.24) is 10.2 Å².